The van der Waals surface area contributed by atoms with E-state index in [1.165, 1.54) is 0 Å². The summed E-state index contributed by atoms with van der Waals surface area (Å²) in [5, 5.41) is 21.2. The summed E-state index contributed by atoms with van der Waals surface area (Å²) in [6.07, 6.45) is 2.33. The molecule has 2 aromatic carbocycles. The summed E-state index contributed by atoms with van der Waals surface area (Å²) in [4.78, 5) is 14.2. The highest BCUT2D eigenvalue weighted by Crippen LogP contribution is 2.21. The molecule has 0 bridgehead atoms. The number of rotatable bonds is 8. The molecule has 2 aromatic rings. The summed E-state index contributed by atoms with van der Waals surface area (Å²) in [6.45, 7) is 4.05. The van der Waals surface area contributed by atoms with Gasteiger partial charge in [0.2, 0.25) is 5.91 Å². The molecule has 8 nitrogen and oxygen atoms in total. The predicted octanol–water partition coefficient (Wildman–Crippen LogP) is 3.25. The Morgan fingerprint density at radius 1 is 1.13 bits per heavy atom. The zero-order valence-electron chi connectivity index (χ0n) is 17.8. The molecular weight excluding hydrogens is 392 g/mol. The van der Waals surface area contributed by atoms with Crippen LogP contribution in [0.2, 0.25) is 0 Å². The lowest BCUT2D eigenvalue weighted by Gasteiger charge is -2.32. The number of carbonyl (C=O) groups is 1. The Morgan fingerprint density at radius 3 is 2.48 bits per heavy atom. The molecule has 0 radical (unpaired) electrons. The first-order chi connectivity index (χ1) is 14.9. The van der Waals surface area contributed by atoms with Gasteiger partial charge in [0.05, 0.1) is 5.84 Å². The highest BCUT2D eigenvalue weighted by molar-refractivity contribution is 5.97. The van der Waals surface area contributed by atoms with Gasteiger partial charge in [-0.25, -0.2) is 0 Å². The molecule has 3 rings (SSSR count). The van der Waals surface area contributed by atoms with Gasteiger partial charge in [0.15, 0.2) is 0 Å². The quantitative estimate of drug-likeness (QED) is 0.330. The van der Waals surface area contributed by atoms with Crippen LogP contribution in [0, 0.1) is 10.8 Å². The largest absolute Gasteiger partial charge is 0.490 e. The van der Waals surface area contributed by atoms with E-state index in [1.807, 2.05) is 31.2 Å². The van der Waals surface area contributed by atoms with E-state index in [0.717, 1.165) is 37.4 Å². The van der Waals surface area contributed by atoms with Crippen LogP contribution >= 0.6 is 0 Å². The molecule has 1 amide bonds. The van der Waals surface area contributed by atoms with Crippen molar-refractivity contribution in [1.82, 2.24) is 4.90 Å². The van der Waals surface area contributed by atoms with E-state index >= 15 is 0 Å². The topological polar surface area (TPSA) is 127 Å². The number of nitrogen functional groups attached to an aromatic ring is 1. The first-order valence-corrected chi connectivity index (χ1v) is 10.5. The summed E-state index contributed by atoms with van der Waals surface area (Å²) < 4.78 is 6.06. The third kappa shape index (κ3) is 6.74. The Kier molecular flexibility index (Phi) is 7.48. The van der Waals surface area contributed by atoms with E-state index in [0.29, 0.717) is 30.1 Å². The van der Waals surface area contributed by atoms with Crippen LogP contribution in [0.25, 0.3) is 0 Å². The van der Waals surface area contributed by atoms with Crippen molar-refractivity contribution < 1.29 is 9.53 Å². The number of nitrogens with two attached hydrogens (primary N) is 1. The van der Waals surface area contributed by atoms with Gasteiger partial charge in [-0.15, -0.1) is 0 Å². The average Bonchev–Trinajstić information content (AvgIpc) is 2.75. The van der Waals surface area contributed by atoms with Crippen molar-refractivity contribution in [3.8, 4) is 5.75 Å². The molecule has 1 saturated heterocycles. The fourth-order valence-corrected chi connectivity index (χ4v) is 3.46. The highest BCUT2D eigenvalue weighted by Gasteiger charge is 2.20. The number of piperidine rings is 1. The standard InChI is InChI=1S/C23H30N6O2/c1-16(24)29-13-10-21(11-14-29)31-20-7-5-18(6-8-20)27-12-9-22(30)28-19-4-2-3-17(15-19)23(25)26/h2-8,15,21,24,27H,9-14H2,1H3,(H3,25,26)(H,28,30). The number of amidine groups is 2. The summed E-state index contributed by atoms with van der Waals surface area (Å²) in [5.41, 5.74) is 7.61. The van der Waals surface area contributed by atoms with E-state index in [9.17, 15) is 4.79 Å². The normalized spacial score (nSPS) is 14.0. The fraction of sp³-hybridized carbons (Fsp3) is 0.348. The van der Waals surface area contributed by atoms with Crippen molar-refractivity contribution in [1.29, 1.82) is 10.8 Å². The average molecular weight is 423 g/mol. The molecular formula is C23H30N6O2. The molecule has 8 heteroatoms. The first kappa shape index (κ1) is 22.1. The number of hydrogen-bond acceptors (Lipinski definition) is 5. The van der Waals surface area contributed by atoms with Gasteiger partial charge in [-0.1, -0.05) is 12.1 Å². The minimum atomic E-state index is -0.111. The molecule has 0 saturated carbocycles. The molecule has 31 heavy (non-hydrogen) atoms. The van der Waals surface area contributed by atoms with E-state index in [4.69, 9.17) is 21.3 Å². The molecule has 1 heterocycles. The van der Waals surface area contributed by atoms with Crippen molar-refractivity contribution in [2.45, 2.75) is 32.3 Å². The summed E-state index contributed by atoms with van der Waals surface area (Å²) in [7, 11) is 0. The fourth-order valence-electron chi connectivity index (χ4n) is 3.46. The van der Waals surface area contributed by atoms with Crippen molar-refractivity contribution in [2.24, 2.45) is 5.73 Å². The molecule has 0 aliphatic carbocycles. The first-order valence-electron chi connectivity index (χ1n) is 10.5. The number of likely N-dealkylation sites (tertiary alicyclic amines) is 1. The number of amides is 1. The van der Waals surface area contributed by atoms with E-state index < -0.39 is 0 Å². The Hall–Kier alpha value is -3.55. The molecule has 1 fully saturated rings. The van der Waals surface area contributed by atoms with Crippen LogP contribution in [-0.2, 0) is 4.79 Å². The molecule has 1 aliphatic rings. The van der Waals surface area contributed by atoms with Gasteiger partial charge in [-0.2, -0.15) is 0 Å². The van der Waals surface area contributed by atoms with Gasteiger partial charge >= 0.3 is 0 Å². The van der Waals surface area contributed by atoms with Crippen LogP contribution in [0.5, 0.6) is 5.75 Å². The van der Waals surface area contributed by atoms with Crippen LogP contribution in [-0.4, -0.2) is 48.2 Å². The predicted molar refractivity (Wildman–Crippen MR) is 124 cm³/mol. The van der Waals surface area contributed by atoms with Gasteiger partial charge < -0.3 is 26.0 Å². The number of nitrogens with one attached hydrogen (secondary N) is 4. The summed E-state index contributed by atoms with van der Waals surface area (Å²) >= 11 is 0. The number of nitrogens with zero attached hydrogens (tertiary/aromatic N) is 1. The maximum Gasteiger partial charge on any atom is 0.226 e. The second-order valence-corrected chi connectivity index (χ2v) is 7.63. The minimum Gasteiger partial charge on any atom is -0.490 e. The Bertz CT molecular complexity index is 920. The van der Waals surface area contributed by atoms with Gasteiger partial charge in [-0.05, 0) is 43.3 Å². The summed E-state index contributed by atoms with van der Waals surface area (Å²) in [6, 6.07) is 14.7. The number of ether oxygens (including phenoxy) is 1. The van der Waals surface area contributed by atoms with E-state index in [1.54, 1.807) is 24.3 Å². The maximum absolute atomic E-state index is 12.2. The molecule has 0 unspecified atom stereocenters. The third-order valence-electron chi connectivity index (χ3n) is 5.21. The molecule has 1 aliphatic heterocycles. The summed E-state index contributed by atoms with van der Waals surface area (Å²) in [5.74, 6) is 1.31. The van der Waals surface area contributed by atoms with Crippen LogP contribution in [0.4, 0.5) is 11.4 Å². The SMILES string of the molecule is CC(=N)N1CCC(Oc2ccc(NCCC(=O)Nc3cccc(C(=N)N)c3)cc2)CC1. The van der Waals surface area contributed by atoms with E-state index in [-0.39, 0.29) is 17.8 Å². The van der Waals surface area contributed by atoms with Gasteiger partial charge in [0.1, 0.15) is 17.7 Å². The molecule has 6 N–H and O–H groups in total. The highest BCUT2D eigenvalue weighted by atomic mass is 16.5. The van der Waals surface area contributed by atoms with Crippen molar-refractivity contribution in [2.75, 3.05) is 30.3 Å². The van der Waals surface area contributed by atoms with Crippen molar-refractivity contribution >= 4 is 29.0 Å². The maximum atomic E-state index is 12.2. The van der Waals surface area contributed by atoms with Crippen LogP contribution in [0.3, 0.4) is 0 Å². The second-order valence-electron chi connectivity index (χ2n) is 7.63. The van der Waals surface area contributed by atoms with Crippen molar-refractivity contribution in [3.05, 3.63) is 54.1 Å². The zero-order chi connectivity index (χ0) is 22.2. The number of anilines is 2. The molecule has 164 valence electrons. The molecule has 0 aromatic heterocycles. The third-order valence-corrected chi connectivity index (χ3v) is 5.21. The van der Waals surface area contributed by atoms with Crippen LogP contribution in [0.15, 0.2) is 48.5 Å². The van der Waals surface area contributed by atoms with E-state index in [2.05, 4.69) is 15.5 Å². The van der Waals surface area contributed by atoms with Gasteiger partial charge in [-0.3, -0.25) is 15.6 Å². The number of benzene rings is 2. The zero-order valence-corrected chi connectivity index (χ0v) is 17.8. The molecule has 0 atom stereocenters. The lowest BCUT2D eigenvalue weighted by atomic mass is 10.1. The monoisotopic (exact) mass is 422 g/mol. The number of hydrogen-bond donors (Lipinski definition) is 5. The lowest BCUT2D eigenvalue weighted by molar-refractivity contribution is -0.115. The smallest absolute Gasteiger partial charge is 0.226 e. The lowest BCUT2D eigenvalue weighted by Crippen LogP contribution is -2.40. The molecule has 0 spiro atoms. The van der Waals surface area contributed by atoms with Gasteiger partial charge in [0, 0.05) is 55.8 Å². The number of carbonyl (C=O) groups excluding carboxylic acids is 1. The Balaban J connectivity index is 1.39. The van der Waals surface area contributed by atoms with Gasteiger partial charge in [0.25, 0.3) is 0 Å². The van der Waals surface area contributed by atoms with Crippen LogP contribution in [0.1, 0.15) is 31.7 Å². The Labute approximate surface area is 182 Å². The van der Waals surface area contributed by atoms with Crippen molar-refractivity contribution in [3.63, 3.8) is 0 Å². The van der Waals surface area contributed by atoms with Crippen LogP contribution < -0.4 is 21.1 Å². The second kappa shape index (κ2) is 10.5. The Morgan fingerprint density at radius 2 is 1.84 bits per heavy atom. The minimum absolute atomic E-state index is 0.0305.